The van der Waals surface area contributed by atoms with Crippen molar-refractivity contribution < 1.29 is 13.2 Å². The van der Waals surface area contributed by atoms with E-state index in [-0.39, 0.29) is 30.5 Å². The summed E-state index contributed by atoms with van der Waals surface area (Å²) < 4.78 is 23.0. The maximum absolute atomic E-state index is 12.7. The van der Waals surface area contributed by atoms with E-state index in [1.54, 1.807) is 4.90 Å². The van der Waals surface area contributed by atoms with Crippen molar-refractivity contribution in [2.75, 3.05) is 24.6 Å². The minimum Gasteiger partial charge on any atom is -0.336 e. The third kappa shape index (κ3) is 2.63. The van der Waals surface area contributed by atoms with E-state index in [1.807, 2.05) is 26.8 Å². The Hall–Kier alpha value is -1.47. The molecule has 1 fully saturated rings. The van der Waals surface area contributed by atoms with Crippen LogP contribution in [-0.2, 0) is 9.84 Å². The van der Waals surface area contributed by atoms with Crippen LogP contribution in [-0.4, -0.2) is 48.8 Å². The van der Waals surface area contributed by atoms with Gasteiger partial charge >= 0.3 is 0 Å². The van der Waals surface area contributed by atoms with Gasteiger partial charge in [-0.3, -0.25) is 4.79 Å². The summed E-state index contributed by atoms with van der Waals surface area (Å²) in [6.07, 6.45) is 0. The van der Waals surface area contributed by atoms with Crippen molar-refractivity contribution in [1.82, 2.24) is 9.88 Å². The van der Waals surface area contributed by atoms with Crippen LogP contribution in [0, 0.1) is 20.8 Å². The molecule has 0 bridgehead atoms. The number of hydrogen-bond donors (Lipinski definition) is 0. The van der Waals surface area contributed by atoms with Gasteiger partial charge in [0.25, 0.3) is 5.91 Å². The maximum Gasteiger partial charge on any atom is 0.264 e. The molecule has 0 unspecified atom stereocenters. The van der Waals surface area contributed by atoms with Crippen LogP contribution in [0.15, 0.2) is 6.07 Å². The molecule has 3 rings (SSSR count). The molecule has 0 spiro atoms. The van der Waals surface area contributed by atoms with Crippen LogP contribution in [0.2, 0.25) is 0 Å². The van der Waals surface area contributed by atoms with Gasteiger partial charge in [-0.15, -0.1) is 11.3 Å². The highest BCUT2D eigenvalue weighted by Crippen LogP contribution is 2.33. The Labute approximate surface area is 133 Å². The van der Waals surface area contributed by atoms with Crippen molar-refractivity contribution in [3.8, 4) is 0 Å². The van der Waals surface area contributed by atoms with E-state index in [2.05, 4.69) is 4.98 Å². The monoisotopic (exact) mass is 338 g/mol. The molecule has 0 radical (unpaired) electrons. The van der Waals surface area contributed by atoms with Gasteiger partial charge in [-0.25, -0.2) is 13.4 Å². The summed E-state index contributed by atoms with van der Waals surface area (Å²) in [5.74, 6) is 0.0328. The van der Waals surface area contributed by atoms with Gasteiger partial charge in [-0.05, 0) is 38.0 Å². The zero-order valence-electron chi connectivity index (χ0n) is 12.8. The van der Waals surface area contributed by atoms with Gasteiger partial charge in [0.05, 0.1) is 16.4 Å². The van der Waals surface area contributed by atoms with Crippen molar-refractivity contribution in [3.05, 3.63) is 27.8 Å². The van der Waals surface area contributed by atoms with Crippen LogP contribution in [0.5, 0.6) is 0 Å². The molecule has 22 heavy (non-hydrogen) atoms. The van der Waals surface area contributed by atoms with Crippen LogP contribution in [0.3, 0.4) is 0 Å². The second-order valence-corrected chi connectivity index (χ2v) is 9.06. The Morgan fingerprint density at radius 1 is 1.23 bits per heavy atom. The number of thiophene rings is 1. The smallest absolute Gasteiger partial charge is 0.264 e. The van der Waals surface area contributed by atoms with E-state index in [1.165, 1.54) is 11.3 Å². The first-order valence-corrected chi connectivity index (χ1v) is 9.79. The van der Waals surface area contributed by atoms with Gasteiger partial charge in [0.15, 0.2) is 9.84 Å². The molecule has 5 nitrogen and oxygen atoms in total. The minimum absolute atomic E-state index is 0.0546. The third-order valence-corrected chi connectivity index (χ3v) is 6.83. The molecule has 118 valence electrons. The fourth-order valence-electron chi connectivity index (χ4n) is 2.88. The Balaban J connectivity index is 1.98. The van der Waals surface area contributed by atoms with Crippen LogP contribution < -0.4 is 0 Å². The Kier molecular flexibility index (Phi) is 3.72. The molecule has 0 N–H and O–H groups in total. The first-order valence-electron chi connectivity index (χ1n) is 7.15. The highest BCUT2D eigenvalue weighted by atomic mass is 32.2. The number of rotatable bonds is 1. The Morgan fingerprint density at radius 2 is 1.86 bits per heavy atom. The van der Waals surface area contributed by atoms with Gasteiger partial charge in [0.2, 0.25) is 0 Å². The molecule has 1 aliphatic rings. The lowest BCUT2D eigenvalue weighted by molar-refractivity contribution is 0.0774. The van der Waals surface area contributed by atoms with Gasteiger partial charge in [-0.2, -0.15) is 0 Å². The number of pyridine rings is 1. The SMILES string of the molecule is Cc1cc(C)c2c(C)c(C(=O)N3CCS(=O)(=O)CC3)sc2n1. The van der Waals surface area contributed by atoms with Gasteiger partial charge in [0.1, 0.15) is 4.83 Å². The molecule has 0 saturated carbocycles. The average molecular weight is 338 g/mol. The molecule has 1 saturated heterocycles. The standard InChI is InChI=1S/C15H18N2O3S2/c1-9-8-10(2)16-14-12(9)11(3)13(21-14)15(18)17-4-6-22(19,20)7-5-17/h8H,4-7H2,1-3H3. The predicted octanol–water partition coefficient (Wildman–Crippen LogP) is 2.09. The summed E-state index contributed by atoms with van der Waals surface area (Å²) in [7, 11) is -2.98. The number of sulfone groups is 1. The summed E-state index contributed by atoms with van der Waals surface area (Å²) in [4.78, 5) is 20.4. The quantitative estimate of drug-likeness (QED) is 0.798. The normalized spacial score (nSPS) is 17.9. The molecule has 0 atom stereocenters. The summed E-state index contributed by atoms with van der Waals surface area (Å²) in [5.41, 5.74) is 3.01. The van der Waals surface area contributed by atoms with Gasteiger partial charge in [-0.1, -0.05) is 0 Å². The van der Waals surface area contributed by atoms with Gasteiger partial charge < -0.3 is 4.90 Å². The number of aryl methyl sites for hydroxylation is 3. The summed E-state index contributed by atoms with van der Waals surface area (Å²) in [6.45, 7) is 6.47. The molecule has 0 aromatic carbocycles. The lowest BCUT2D eigenvalue weighted by Crippen LogP contribution is -2.43. The molecule has 7 heteroatoms. The van der Waals surface area contributed by atoms with Crippen LogP contribution in [0.25, 0.3) is 10.2 Å². The van der Waals surface area contributed by atoms with Crippen molar-refractivity contribution in [3.63, 3.8) is 0 Å². The topological polar surface area (TPSA) is 67.3 Å². The molecule has 1 amide bonds. The molecule has 2 aromatic heterocycles. The fraction of sp³-hybridized carbons (Fsp3) is 0.467. The van der Waals surface area contributed by atoms with E-state index in [9.17, 15) is 13.2 Å². The molecule has 2 aromatic rings. The van der Waals surface area contributed by atoms with Gasteiger partial charge in [0, 0.05) is 24.2 Å². The number of amides is 1. The molecular formula is C15H18N2O3S2. The zero-order chi connectivity index (χ0) is 16.1. The van der Waals surface area contributed by atoms with Crippen LogP contribution in [0.1, 0.15) is 26.5 Å². The summed E-state index contributed by atoms with van der Waals surface area (Å²) in [5, 5.41) is 1.04. The number of hydrogen-bond acceptors (Lipinski definition) is 5. The molecule has 0 aliphatic carbocycles. The van der Waals surface area contributed by atoms with Crippen molar-refractivity contribution in [1.29, 1.82) is 0 Å². The first-order chi connectivity index (χ1) is 10.3. The molecule has 3 heterocycles. The van der Waals surface area contributed by atoms with E-state index in [0.29, 0.717) is 4.88 Å². The highest BCUT2D eigenvalue weighted by molar-refractivity contribution is 7.91. The fourth-order valence-corrected chi connectivity index (χ4v) is 5.35. The number of carbonyl (C=O) groups excluding carboxylic acids is 1. The van der Waals surface area contributed by atoms with E-state index >= 15 is 0 Å². The Bertz CT molecular complexity index is 855. The minimum atomic E-state index is -2.98. The Morgan fingerprint density at radius 3 is 2.50 bits per heavy atom. The number of fused-ring (bicyclic) bond motifs is 1. The van der Waals surface area contributed by atoms with E-state index in [0.717, 1.165) is 27.0 Å². The second-order valence-electron chi connectivity index (χ2n) is 5.76. The molecule has 1 aliphatic heterocycles. The van der Waals surface area contributed by atoms with Crippen molar-refractivity contribution >= 4 is 37.3 Å². The van der Waals surface area contributed by atoms with E-state index in [4.69, 9.17) is 0 Å². The number of nitrogens with zero attached hydrogens (tertiary/aromatic N) is 2. The highest BCUT2D eigenvalue weighted by Gasteiger charge is 2.28. The lowest BCUT2D eigenvalue weighted by Gasteiger charge is -2.26. The van der Waals surface area contributed by atoms with Crippen molar-refractivity contribution in [2.45, 2.75) is 20.8 Å². The van der Waals surface area contributed by atoms with Crippen LogP contribution in [0.4, 0.5) is 0 Å². The van der Waals surface area contributed by atoms with Crippen molar-refractivity contribution in [2.24, 2.45) is 0 Å². The summed E-state index contributed by atoms with van der Waals surface area (Å²) in [6, 6.07) is 2.02. The zero-order valence-corrected chi connectivity index (χ0v) is 14.5. The first kappa shape index (κ1) is 15.4. The molecular weight excluding hydrogens is 320 g/mol. The predicted molar refractivity (Wildman–Crippen MR) is 88.4 cm³/mol. The van der Waals surface area contributed by atoms with E-state index < -0.39 is 9.84 Å². The third-order valence-electron chi connectivity index (χ3n) is 4.05. The second kappa shape index (κ2) is 5.31. The number of carbonyl (C=O) groups is 1. The average Bonchev–Trinajstić information content (AvgIpc) is 2.75. The largest absolute Gasteiger partial charge is 0.336 e. The van der Waals surface area contributed by atoms with Crippen LogP contribution >= 0.6 is 11.3 Å². The lowest BCUT2D eigenvalue weighted by atomic mass is 10.1. The summed E-state index contributed by atoms with van der Waals surface area (Å²) >= 11 is 1.40. The maximum atomic E-state index is 12.7. The number of aromatic nitrogens is 1.